The highest BCUT2D eigenvalue weighted by Gasteiger charge is 2.31. The zero-order valence-corrected chi connectivity index (χ0v) is 18.7. The molecule has 0 amide bonds. The quantitative estimate of drug-likeness (QED) is 0.435. The average molecular weight is 454 g/mol. The molecule has 7 nitrogen and oxygen atoms in total. The lowest BCUT2D eigenvalue weighted by molar-refractivity contribution is 0.0967. The molecule has 0 radical (unpaired) electrons. The number of nitriles is 1. The molecule has 8 heteroatoms. The van der Waals surface area contributed by atoms with E-state index in [9.17, 15) is 18.5 Å². The van der Waals surface area contributed by atoms with Crippen molar-refractivity contribution in [3.8, 4) is 11.8 Å². The second kappa shape index (κ2) is 9.82. The first-order chi connectivity index (χ1) is 15.5. The molecule has 2 aliphatic rings. The highest BCUT2D eigenvalue weighted by atomic mass is 32.2. The van der Waals surface area contributed by atoms with Crippen LogP contribution in [0.15, 0.2) is 53.4 Å². The Balaban J connectivity index is 1.26. The zero-order chi connectivity index (χ0) is 22.6. The first-order valence-corrected chi connectivity index (χ1v) is 12.5. The van der Waals surface area contributed by atoms with E-state index < -0.39 is 10.0 Å². The van der Waals surface area contributed by atoms with Crippen molar-refractivity contribution in [1.29, 1.82) is 5.26 Å². The van der Waals surface area contributed by atoms with Crippen LogP contribution in [-0.4, -0.2) is 38.4 Å². The maximum Gasteiger partial charge on any atom is 0.254 e. The Labute approximate surface area is 189 Å². The van der Waals surface area contributed by atoms with E-state index >= 15 is 0 Å². The van der Waals surface area contributed by atoms with Gasteiger partial charge >= 0.3 is 0 Å². The molecule has 0 spiro atoms. The Morgan fingerprint density at radius 2 is 1.88 bits per heavy atom. The number of hydrogen-bond donors (Lipinski definition) is 1. The number of nitrogens with zero attached hydrogens (tertiary/aromatic N) is 2. The van der Waals surface area contributed by atoms with Crippen molar-refractivity contribution in [2.45, 2.75) is 49.5 Å². The Morgan fingerprint density at radius 3 is 2.59 bits per heavy atom. The standard InChI is InChI=1S/C24H27N3O4S/c25-17-20-5-1-2-8-23(20)32(29,30)26-27-15-3-6-21(27)7-4-16-31-22-13-11-19(12-14-22)24(28)18-9-10-18/h1-2,5,8,11-14,18,21,26H,3-4,6-7,9-10,15-16H2. The third-order valence-corrected chi connectivity index (χ3v) is 7.36. The summed E-state index contributed by atoms with van der Waals surface area (Å²) in [4.78, 5) is 14.7. The minimum atomic E-state index is -3.81. The number of sulfonamides is 1. The highest BCUT2D eigenvalue weighted by molar-refractivity contribution is 7.89. The number of carbonyl (C=O) groups is 1. The van der Waals surface area contributed by atoms with Gasteiger partial charge < -0.3 is 4.74 Å². The summed E-state index contributed by atoms with van der Waals surface area (Å²) in [5.74, 6) is 1.16. The number of Topliss-reactive ketones (excluding diaryl/α,β-unsaturated/α-hetero) is 1. The molecule has 1 saturated heterocycles. The summed E-state index contributed by atoms with van der Waals surface area (Å²) in [6.45, 7) is 1.15. The van der Waals surface area contributed by atoms with Crippen LogP contribution < -0.4 is 9.57 Å². The van der Waals surface area contributed by atoms with E-state index in [2.05, 4.69) is 4.83 Å². The van der Waals surface area contributed by atoms with E-state index in [1.54, 1.807) is 17.1 Å². The lowest BCUT2D eigenvalue weighted by atomic mass is 10.1. The molecule has 1 heterocycles. The molecule has 1 N–H and O–H groups in total. The van der Waals surface area contributed by atoms with E-state index in [-0.39, 0.29) is 28.2 Å². The molecular weight excluding hydrogens is 426 g/mol. The van der Waals surface area contributed by atoms with Gasteiger partial charge in [0, 0.05) is 24.1 Å². The summed E-state index contributed by atoms with van der Waals surface area (Å²) in [5.41, 5.74) is 0.876. The van der Waals surface area contributed by atoms with Crippen LogP contribution in [0.4, 0.5) is 0 Å². The predicted octanol–water partition coefficient (Wildman–Crippen LogP) is 3.67. The highest BCUT2D eigenvalue weighted by Crippen LogP contribution is 2.33. The number of rotatable bonds is 10. The van der Waals surface area contributed by atoms with E-state index in [0.717, 1.165) is 49.8 Å². The Kier molecular flexibility index (Phi) is 6.89. The fraction of sp³-hybridized carbons (Fsp3) is 0.417. The van der Waals surface area contributed by atoms with Crippen molar-refractivity contribution in [2.75, 3.05) is 13.2 Å². The lowest BCUT2D eigenvalue weighted by Crippen LogP contribution is -2.45. The molecule has 2 aromatic rings. The van der Waals surface area contributed by atoms with Crippen molar-refractivity contribution < 1.29 is 17.9 Å². The van der Waals surface area contributed by atoms with Gasteiger partial charge in [-0.15, -0.1) is 4.83 Å². The molecule has 4 rings (SSSR count). The van der Waals surface area contributed by atoms with E-state index in [0.29, 0.717) is 13.2 Å². The van der Waals surface area contributed by atoms with Gasteiger partial charge in [0.05, 0.1) is 12.2 Å². The fourth-order valence-corrected chi connectivity index (χ4v) is 5.37. The van der Waals surface area contributed by atoms with Gasteiger partial charge in [0.25, 0.3) is 10.0 Å². The monoisotopic (exact) mass is 453 g/mol. The normalized spacial score (nSPS) is 18.9. The predicted molar refractivity (Wildman–Crippen MR) is 119 cm³/mol. The molecule has 2 fully saturated rings. The van der Waals surface area contributed by atoms with Gasteiger partial charge in [-0.3, -0.25) is 4.79 Å². The lowest BCUT2D eigenvalue weighted by Gasteiger charge is -2.25. The molecule has 1 saturated carbocycles. The number of carbonyl (C=O) groups excluding carboxylic acids is 1. The van der Waals surface area contributed by atoms with Crippen LogP contribution in [0.2, 0.25) is 0 Å². The maximum absolute atomic E-state index is 12.8. The van der Waals surface area contributed by atoms with Crippen molar-refractivity contribution in [3.05, 3.63) is 59.7 Å². The van der Waals surface area contributed by atoms with Gasteiger partial charge in [-0.2, -0.15) is 5.26 Å². The third kappa shape index (κ3) is 5.36. The largest absolute Gasteiger partial charge is 0.494 e. The van der Waals surface area contributed by atoms with Gasteiger partial charge in [0.2, 0.25) is 0 Å². The van der Waals surface area contributed by atoms with Crippen molar-refractivity contribution in [1.82, 2.24) is 9.84 Å². The van der Waals surface area contributed by atoms with Crippen LogP contribution in [0.25, 0.3) is 0 Å². The second-order valence-electron chi connectivity index (χ2n) is 8.35. The second-order valence-corrected chi connectivity index (χ2v) is 9.97. The number of benzene rings is 2. The van der Waals surface area contributed by atoms with Gasteiger partial charge in [0.15, 0.2) is 5.78 Å². The van der Waals surface area contributed by atoms with Gasteiger partial charge in [0.1, 0.15) is 16.7 Å². The first kappa shape index (κ1) is 22.5. The molecule has 168 valence electrons. The molecule has 1 aliphatic heterocycles. The molecule has 0 bridgehead atoms. The minimum Gasteiger partial charge on any atom is -0.494 e. The van der Waals surface area contributed by atoms with Crippen molar-refractivity contribution in [3.63, 3.8) is 0 Å². The van der Waals surface area contributed by atoms with Gasteiger partial charge in [-0.25, -0.2) is 13.4 Å². The number of ketones is 1. The number of hydrogen-bond acceptors (Lipinski definition) is 6. The number of ether oxygens (including phenoxy) is 1. The molecule has 0 aromatic heterocycles. The van der Waals surface area contributed by atoms with E-state index in [1.807, 2.05) is 30.3 Å². The Bertz CT molecular complexity index is 1100. The van der Waals surface area contributed by atoms with Crippen LogP contribution in [0.3, 0.4) is 0 Å². The fourth-order valence-electron chi connectivity index (χ4n) is 4.06. The summed E-state index contributed by atoms with van der Waals surface area (Å²) in [7, 11) is -3.81. The van der Waals surface area contributed by atoms with Crippen LogP contribution in [0.5, 0.6) is 5.75 Å². The smallest absolute Gasteiger partial charge is 0.254 e. The van der Waals surface area contributed by atoms with E-state index in [1.165, 1.54) is 12.1 Å². The topological polar surface area (TPSA) is 99.5 Å². The summed E-state index contributed by atoms with van der Waals surface area (Å²) in [5, 5.41) is 11.0. The molecule has 1 unspecified atom stereocenters. The summed E-state index contributed by atoms with van der Waals surface area (Å²) >= 11 is 0. The summed E-state index contributed by atoms with van der Waals surface area (Å²) < 4.78 is 31.4. The summed E-state index contributed by atoms with van der Waals surface area (Å²) in [6.07, 6.45) is 5.37. The number of nitrogens with one attached hydrogen (secondary N) is 1. The third-order valence-electron chi connectivity index (χ3n) is 5.95. The first-order valence-electron chi connectivity index (χ1n) is 11.0. The van der Waals surface area contributed by atoms with Crippen LogP contribution in [0, 0.1) is 17.2 Å². The van der Waals surface area contributed by atoms with E-state index in [4.69, 9.17) is 4.74 Å². The SMILES string of the molecule is N#Cc1ccccc1S(=O)(=O)NN1CCCC1CCCOc1ccc(C(=O)C2CC2)cc1. The minimum absolute atomic E-state index is 0.0000901. The molecular formula is C24H27N3O4S. The number of hydrazine groups is 1. The van der Waals surface area contributed by atoms with Crippen LogP contribution in [0.1, 0.15) is 54.4 Å². The summed E-state index contributed by atoms with van der Waals surface area (Å²) in [6, 6.07) is 15.5. The Hall–Kier alpha value is -2.73. The molecule has 32 heavy (non-hydrogen) atoms. The zero-order valence-electron chi connectivity index (χ0n) is 17.9. The van der Waals surface area contributed by atoms with Crippen LogP contribution >= 0.6 is 0 Å². The van der Waals surface area contributed by atoms with Crippen molar-refractivity contribution >= 4 is 15.8 Å². The Morgan fingerprint density at radius 1 is 1.12 bits per heavy atom. The molecule has 1 atom stereocenters. The van der Waals surface area contributed by atoms with Crippen molar-refractivity contribution in [2.24, 2.45) is 5.92 Å². The maximum atomic E-state index is 12.8. The molecule has 2 aromatic carbocycles. The van der Waals surface area contributed by atoms with Gasteiger partial charge in [-0.1, -0.05) is 12.1 Å². The van der Waals surface area contributed by atoms with Gasteiger partial charge in [-0.05, 0) is 74.9 Å². The van der Waals surface area contributed by atoms with Crippen LogP contribution in [-0.2, 0) is 10.0 Å². The molecule has 1 aliphatic carbocycles. The average Bonchev–Trinajstić information content (AvgIpc) is 3.57.